The summed E-state index contributed by atoms with van der Waals surface area (Å²) in [6.07, 6.45) is 2.88. The number of aliphatic hydroxyl groups is 1. The van der Waals surface area contributed by atoms with Crippen molar-refractivity contribution in [2.24, 2.45) is 12.0 Å². The number of rotatable bonds is 5. The van der Waals surface area contributed by atoms with Crippen molar-refractivity contribution < 1.29 is 5.11 Å². The Morgan fingerprint density at radius 2 is 2.36 bits per heavy atom. The van der Waals surface area contributed by atoms with Crippen molar-refractivity contribution in [3.8, 4) is 0 Å². The highest BCUT2D eigenvalue weighted by atomic mass is 127. The largest absolute Gasteiger partial charge is 0.387 e. The Morgan fingerprint density at radius 3 is 2.91 bits per heavy atom. The second kappa shape index (κ2) is 9.02. The monoisotopic (exact) mass is 438 g/mol. The summed E-state index contributed by atoms with van der Waals surface area (Å²) in [6.45, 7) is 4.15. The Labute approximate surface area is 154 Å². The predicted octanol–water partition coefficient (Wildman–Crippen LogP) is 1.91. The number of hydrogen-bond donors (Lipinski definition) is 2. The first-order valence-electron chi connectivity index (χ1n) is 7.44. The molecule has 0 aromatic carbocycles. The van der Waals surface area contributed by atoms with Crippen LogP contribution < -0.4 is 5.32 Å². The number of guanidine groups is 1. The minimum atomic E-state index is -0.628. The van der Waals surface area contributed by atoms with Crippen molar-refractivity contribution in [2.45, 2.75) is 25.5 Å². The molecule has 1 aliphatic heterocycles. The molecule has 1 saturated heterocycles. The molecule has 1 aromatic rings. The van der Waals surface area contributed by atoms with E-state index in [1.54, 1.807) is 11.8 Å². The molecule has 2 rings (SSSR count). The van der Waals surface area contributed by atoms with E-state index >= 15 is 0 Å². The van der Waals surface area contributed by atoms with E-state index in [0.29, 0.717) is 6.54 Å². The van der Waals surface area contributed by atoms with Gasteiger partial charge in [0.15, 0.2) is 5.96 Å². The van der Waals surface area contributed by atoms with Crippen molar-refractivity contribution in [3.63, 3.8) is 0 Å². The minimum absolute atomic E-state index is 0. The first kappa shape index (κ1) is 19.6. The van der Waals surface area contributed by atoms with Crippen molar-refractivity contribution in [1.29, 1.82) is 0 Å². The smallest absolute Gasteiger partial charge is 0.194 e. The van der Waals surface area contributed by atoms with Gasteiger partial charge in [-0.1, -0.05) is 0 Å². The molecule has 7 heteroatoms. The minimum Gasteiger partial charge on any atom is -0.387 e. The fourth-order valence-electron chi connectivity index (χ4n) is 2.39. The molecule has 2 heterocycles. The van der Waals surface area contributed by atoms with Crippen LogP contribution in [0.5, 0.6) is 0 Å². The molecule has 1 fully saturated rings. The zero-order chi connectivity index (χ0) is 15.3. The zero-order valence-electron chi connectivity index (χ0n) is 13.6. The molecule has 126 valence electrons. The Hall–Kier alpha value is -0.410. The van der Waals surface area contributed by atoms with Gasteiger partial charge >= 0.3 is 0 Å². The van der Waals surface area contributed by atoms with Gasteiger partial charge in [0, 0.05) is 38.3 Å². The SMILES string of the molecule is CCNC(=NCC1(O)CCSC1)N(C)Cc1cccn1C.I. The summed E-state index contributed by atoms with van der Waals surface area (Å²) in [5, 5.41) is 13.7. The van der Waals surface area contributed by atoms with Gasteiger partial charge < -0.3 is 19.9 Å². The van der Waals surface area contributed by atoms with E-state index in [4.69, 9.17) is 0 Å². The second-order valence-electron chi connectivity index (χ2n) is 5.66. The lowest BCUT2D eigenvalue weighted by Gasteiger charge is -2.24. The maximum Gasteiger partial charge on any atom is 0.194 e. The topological polar surface area (TPSA) is 52.8 Å². The quantitative estimate of drug-likeness (QED) is 0.419. The number of aromatic nitrogens is 1. The van der Waals surface area contributed by atoms with Crippen molar-refractivity contribution >= 4 is 41.7 Å². The molecule has 1 atom stereocenters. The summed E-state index contributed by atoms with van der Waals surface area (Å²) in [6, 6.07) is 4.16. The lowest BCUT2D eigenvalue weighted by atomic mass is 10.1. The molecule has 5 nitrogen and oxygen atoms in total. The van der Waals surface area contributed by atoms with E-state index in [2.05, 4.69) is 32.8 Å². The molecule has 2 N–H and O–H groups in total. The van der Waals surface area contributed by atoms with Gasteiger partial charge in [0.25, 0.3) is 0 Å². The van der Waals surface area contributed by atoms with Gasteiger partial charge in [-0.2, -0.15) is 11.8 Å². The predicted molar refractivity (Wildman–Crippen MR) is 105 cm³/mol. The Balaban J connectivity index is 0.00000242. The Bertz CT molecular complexity index is 486. The summed E-state index contributed by atoms with van der Waals surface area (Å²) in [5.41, 5.74) is 0.607. The number of aliphatic imine (C=N–C) groups is 1. The maximum absolute atomic E-state index is 10.4. The fourth-order valence-corrected chi connectivity index (χ4v) is 3.68. The molecule has 0 aliphatic carbocycles. The summed E-state index contributed by atoms with van der Waals surface area (Å²) in [4.78, 5) is 6.74. The van der Waals surface area contributed by atoms with Gasteiger partial charge in [-0.05, 0) is 31.2 Å². The van der Waals surface area contributed by atoms with E-state index in [9.17, 15) is 5.11 Å². The molecule has 1 aliphatic rings. The summed E-state index contributed by atoms with van der Waals surface area (Å²) in [7, 11) is 4.08. The summed E-state index contributed by atoms with van der Waals surface area (Å²) in [5.74, 6) is 2.67. The van der Waals surface area contributed by atoms with Crippen LogP contribution in [0.1, 0.15) is 19.0 Å². The number of nitrogens with one attached hydrogen (secondary N) is 1. The van der Waals surface area contributed by atoms with E-state index in [1.807, 2.05) is 26.4 Å². The second-order valence-corrected chi connectivity index (χ2v) is 6.77. The molecule has 0 bridgehead atoms. The molecule has 0 radical (unpaired) electrons. The molecule has 0 spiro atoms. The third-order valence-electron chi connectivity index (χ3n) is 3.75. The van der Waals surface area contributed by atoms with Gasteiger partial charge in [-0.15, -0.1) is 24.0 Å². The van der Waals surface area contributed by atoms with E-state index in [-0.39, 0.29) is 24.0 Å². The number of hydrogen-bond acceptors (Lipinski definition) is 3. The van der Waals surface area contributed by atoms with Gasteiger partial charge in [-0.25, -0.2) is 0 Å². The van der Waals surface area contributed by atoms with E-state index in [0.717, 1.165) is 37.0 Å². The van der Waals surface area contributed by atoms with E-state index in [1.165, 1.54) is 5.69 Å². The van der Waals surface area contributed by atoms with Crippen LogP contribution in [0, 0.1) is 0 Å². The number of aryl methyl sites for hydroxylation is 1. The number of thioether (sulfide) groups is 1. The average Bonchev–Trinajstić information content (AvgIpc) is 3.05. The molecule has 22 heavy (non-hydrogen) atoms. The molecule has 0 saturated carbocycles. The highest BCUT2D eigenvalue weighted by Gasteiger charge is 2.31. The normalized spacial score (nSPS) is 21.5. The first-order chi connectivity index (χ1) is 10.0. The average molecular weight is 438 g/mol. The third kappa shape index (κ3) is 5.34. The molecule has 1 aromatic heterocycles. The van der Waals surface area contributed by atoms with Gasteiger partial charge in [-0.3, -0.25) is 4.99 Å². The number of nitrogens with zero attached hydrogens (tertiary/aromatic N) is 3. The van der Waals surface area contributed by atoms with Gasteiger partial charge in [0.1, 0.15) is 0 Å². The van der Waals surface area contributed by atoms with Crippen LogP contribution in [0.15, 0.2) is 23.3 Å². The molecular weight excluding hydrogens is 411 g/mol. The summed E-state index contributed by atoms with van der Waals surface area (Å²) < 4.78 is 2.11. The third-order valence-corrected chi connectivity index (χ3v) is 4.99. The molecule has 1 unspecified atom stereocenters. The number of halogens is 1. The zero-order valence-corrected chi connectivity index (χ0v) is 16.7. The van der Waals surface area contributed by atoms with Gasteiger partial charge in [0.2, 0.25) is 0 Å². The summed E-state index contributed by atoms with van der Waals surface area (Å²) >= 11 is 1.80. The van der Waals surface area contributed by atoms with Crippen LogP contribution in [0.2, 0.25) is 0 Å². The standard InChI is InChI=1S/C15H26N4OS.HI/c1-4-16-14(17-11-15(20)7-9-21-12-15)19(3)10-13-6-5-8-18(13)2;/h5-6,8,20H,4,7,9-12H2,1-3H3,(H,16,17);1H. The highest BCUT2D eigenvalue weighted by molar-refractivity contribution is 14.0. The highest BCUT2D eigenvalue weighted by Crippen LogP contribution is 2.27. The lowest BCUT2D eigenvalue weighted by Crippen LogP contribution is -2.41. The van der Waals surface area contributed by atoms with Crippen LogP contribution in [0.4, 0.5) is 0 Å². The van der Waals surface area contributed by atoms with Crippen molar-refractivity contribution in [3.05, 3.63) is 24.0 Å². The first-order valence-corrected chi connectivity index (χ1v) is 8.59. The molecule has 0 amide bonds. The van der Waals surface area contributed by atoms with Gasteiger partial charge in [0.05, 0.1) is 18.7 Å². The maximum atomic E-state index is 10.4. The van der Waals surface area contributed by atoms with Crippen LogP contribution in [-0.2, 0) is 13.6 Å². The van der Waals surface area contributed by atoms with E-state index < -0.39 is 5.60 Å². The molecular formula is C15H27IN4OS. The van der Waals surface area contributed by atoms with Crippen LogP contribution in [-0.4, -0.2) is 57.8 Å². The van der Waals surface area contributed by atoms with Crippen LogP contribution in [0.25, 0.3) is 0 Å². The Kier molecular flexibility index (Phi) is 8.06. The fraction of sp³-hybridized carbons (Fsp3) is 0.667. The van der Waals surface area contributed by atoms with Crippen molar-refractivity contribution in [1.82, 2.24) is 14.8 Å². The van der Waals surface area contributed by atoms with Crippen LogP contribution in [0.3, 0.4) is 0 Å². The van der Waals surface area contributed by atoms with Crippen molar-refractivity contribution in [2.75, 3.05) is 31.6 Å². The lowest BCUT2D eigenvalue weighted by molar-refractivity contribution is 0.0776. The Morgan fingerprint density at radius 1 is 1.59 bits per heavy atom. The van der Waals surface area contributed by atoms with Crippen LogP contribution >= 0.6 is 35.7 Å².